The van der Waals surface area contributed by atoms with E-state index in [1.165, 1.54) is 4.90 Å². The Labute approximate surface area is 182 Å². The van der Waals surface area contributed by atoms with Crippen molar-refractivity contribution >= 4 is 28.4 Å². The number of aryl methyl sites for hydroxylation is 1. The lowest BCUT2D eigenvalue weighted by atomic mass is 10.1. The molecule has 0 unspecified atom stereocenters. The molecule has 0 aliphatic heterocycles. The van der Waals surface area contributed by atoms with Gasteiger partial charge in [-0.05, 0) is 54.8 Å². The quantitative estimate of drug-likeness (QED) is 0.421. The van der Waals surface area contributed by atoms with Crippen molar-refractivity contribution < 1.29 is 9.90 Å². The molecule has 6 nitrogen and oxygen atoms in total. The number of aromatic nitrogens is 2. The Balaban J connectivity index is 1.75. The van der Waals surface area contributed by atoms with Crippen LogP contribution in [0.3, 0.4) is 0 Å². The van der Waals surface area contributed by atoms with E-state index >= 15 is 0 Å². The highest BCUT2D eigenvalue weighted by atomic mass is 16.4. The van der Waals surface area contributed by atoms with Crippen LogP contribution < -0.4 is 9.91 Å². The van der Waals surface area contributed by atoms with Crippen LogP contribution in [0.4, 0.5) is 16.2 Å². The van der Waals surface area contributed by atoms with Gasteiger partial charge in [0.05, 0.1) is 17.7 Å². The Kier molecular flexibility index (Phi) is 5.89. The van der Waals surface area contributed by atoms with Gasteiger partial charge in [-0.1, -0.05) is 37.3 Å². The lowest BCUT2D eigenvalue weighted by molar-refractivity contribution is 0.201. The minimum atomic E-state index is -0.968. The van der Waals surface area contributed by atoms with Crippen molar-refractivity contribution in [2.75, 3.05) is 16.5 Å². The van der Waals surface area contributed by atoms with E-state index in [2.05, 4.69) is 34.7 Å². The SMILES string of the molecule is CCCN(c1ccncc1)n1cc(C)c2cc(N(Cc3ccccc3)C(=O)O)ccc21. The number of hydrogen-bond acceptors (Lipinski definition) is 3. The lowest BCUT2D eigenvalue weighted by Gasteiger charge is -2.26. The first kappa shape index (κ1) is 20.5. The number of fused-ring (bicyclic) bond motifs is 1. The first-order chi connectivity index (χ1) is 15.1. The number of rotatable bonds is 7. The summed E-state index contributed by atoms with van der Waals surface area (Å²) in [6, 6.07) is 19.5. The van der Waals surface area contributed by atoms with Crippen molar-refractivity contribution in [3.8, 4) is 0 Å². The van der Waals surface area contributed by atoms with Crippen molar-refractivity contribution in [2.24, 2.45) is 0 Å². The van der Waals surface area contributed by atoms with Gasteiger partial charge in [-0.3, -0.25) is 19.6 Å². The predicted molar refractivity (Wildman–Crippen MR) is 125 cm³/mol. The van der Waals surface area contributed by atoms with E-state index in [1.54, 1.807) is 12.4 Å². The second kappa shape index (κ2) is 8.92. The van der Waals surface area contributed by atoms with Gasteiger partial charge in [0.1, 0.15) is 0 Å². The zero-order valence-electron chi connectivity index (χ0n) is 17.8. The zero-order chi connectivity index (χ0) is 21.8. The molecule has 0 aliphatic rings. The van der Waals surface area contributed by atoms with Crippen molar-refractivity contribution in [1.29, 1.82) is 0 Å². The molecule has 31 heavy (non-hydrogen) atoms. The predicted octanol–water partition coefficient (Wildman–Crippen LogP) is 5.71. The number of carbonyl (C=O) groups is 1. The molecule has 6 heteroatoms. The van der Waals surface area contributed by atoms with Crippen LogP contribution in [0.25, 0.3) is 10.9 Å². The molecule has 4 rings (SSSR count). The second-order valence-corrected chi connectivity index (χ2v) is 7.54. The summed E-state index contributed by atoms with van der Waals surface area (Å²) < 4.78 is 2.15. The molecule has 0 fully saturated rings. The molecule has 1 N–H and O–H groups in total. The Bertz CT molecular complexity index is 1170. The number of carboxylic acid groups (broad SMARTS) is 1. The van der Waals surface area contributed by atoms with Crippen LogP contribution >= 0.6 is 0 Å². The fourth-order valence-electron chi connectivity index (χ4n) is 3.85. The van der Waals surface area contributed by atoms with Gasteiger partial charge in [-0.25, -0.2) is 4.79 Å². The highest BCUT2D eigenvalue weighted by molar-refractivity contribution is 5.93. The summed E-state index contributed by atoms with van der Waals surface area (Å²) in [5.74, 6) is 0. The summed E-state index contributed by atoms with van der Waals surface area (Å²) in [5, 5.41) is 13.1. The third-order valence-electron chi connectivity index (χ3n) is 5.35. The number of nitrogens with zero attached hydrogens (tertiary/aromatic N) is 4. The molecule has 0 spiro atoms. The van der Waals surface area contributed by atoms with E-state index in [4.69, 9.17) is 0 Å². The monoisotopic (exact) mass is 414 g/mol. The molecular weight excluding hydrogens is 388 g/mol. The molecule has 2 aromatic carbocycles. The van der Waals surface area contributed by atoms with Crippen molar-refractivity contribution in [3.63, 3.8) is 0 Å². The molecule has 4 aromatic rings. The highest BCUT2D eigenvalue weighted by Crippen LogP contribution is 2.29. The van der Waals surface area contributed by atoms with Crippen LogP contribution in [0.15, 0.2) is 79.3 Å². The summed E-state index contributed by atoms with van der Waals surface area (Å²) in [5.41, 5.74) is 4.81. The average molecular weight is 415 g/mol. The Morgan fingerprint density at radius 3 is 2.45 bits per heavy atom. The standard InChI is InChI=1S/C25H26N4O2/c1-3-15-28(21-11-13-26-14-12-21)29-17-19(2)23-16-22(9-10-24(23)29)27(25(30)31)18-20-7-5-4-6-8-20/h4-14,16-17H,3,15,18H2,1-2H3,(H,30,31). The van der Waals surface area contributed by atoms with E-state index in [-0.39, 0.29) is 0 Å². The molecule has 0 saturated carbocycles. The number of benzene rings is 2. The van der Waals surface area contributed by atoms with Gasteiger partial charge in [0.25, 0.3) is 0 Å². The van der Waals surface area contributed by atoms with Crippen LogP contribution in [0.5, 0.6) is 0 Å². The molecule has 0 aliphatic carbocycles. The summed E-state index contributed by atoms with van der Waals surface area (Å²) >= 11 is 0. The van der Waals surface area contributed by atoms with Crippen LogP contribution in [0.2, 0.25) is 0 Å². The summed E-state index contributed by atoms with van der Waals surface area (Å²) in [7, 11) is 0. The van der Waals surface area contributed by atoms with Gasteiger partial charge in [0.2, 0.25) is 0 Å². The summed E-state index contributed by atoms with van der Waals surface area (Å²) in [6.07, 6.45) is 5.71. The van der Waals surface area contributed by atoms with Crippen LogP contribution in [0, 0.1) is 6.92 Å². The van der Waals surface area contributed by atoms with Crippen molar-refractivity contribution in [2.45, 2.75) is 26.8 Å². The molecule has 0 bridgehead atoms. The normalized spacial score (nSPS) is 10.9. The van der Waals surface area contributed by atoms with E-state index in [9.17, 15) is 9.90 Å². The first-order valence-corrected chi connectivity index (χ1v) is 10.4. The third kappa shape index (κ3) is 4.23. The number of amides is 1. The maximum atomic E-state index is 12.0. The maximum Gasteiger partial charge on any atom is 0.412 e. The van der Waals surface area contributed by atoms with Gasteiger partial charge >= 0.3 is 6.09 Å². The molecule has 2 heterocycles. The summed E-state index contributed by atoms with van der Waals surface area (Å²) in [6.45, 7) is 5.37. The minimum absolute atomic E-state index is 0.306. The second-order valence-electron chi connectivity index (χ2n) is 7.54. The third-order valence-corrected chi connectivity index (χ3v) is 5.35. The number of pyridine rings is 1. The van der Waals surface area contributed by atoms with E-state index in [0.29, 0.717) is 12.2 Å². The Morgan fingerprint density at radius 1 is 1.03 bits per heavy atom. The first-order valence-electron chi connectivity index (χ1n) is 10.4. The van der Waals surface area contributed by atoms with Crippen LogP contribution in [-0.4, -0.2) is 27.4 Å². The molecule has 0 radical (unpaired) electrons. The van der Waals surface area contributed by atoms with Gasteiger partial charge in [0, 0.05) is 36.2 Å². The largest absolute Gasteiger partial charge is 0.465 e. The summed E-state index contributed by atoms with van der Waals surface area (Å²) in [4.78, 5) is 17.5. The molecular formula is C25H26N4O2. The topological polar surface area (TPSA) is 61.6 Å². The Morgan fingerprint density at radius 2 is 1.77 bits per heavy atom. The lowest BCUT2D eigenvalue weighted by Crippen LogP contribution is -2.30. The smallest absolute Gasteiger partial charge is 0.412 e. The number of hydrogen-bond donors (Lipinski definition) is 1. The van der Waals surface area contributed by atoms with Gasteiger partial charge in [-0.15, -0.1) is 0 Å². The zero-order valence-corrected chi connectivity index (χ0v) is 17.8. The Hall–Kier alpha value is -3.80. The van der Waals surface area contributed by atoms with E-state index < -0.39 is 6.09 Å². The average Bonchev–Trinajstić information content (AvgIpc) is 3.12. The van der Waals surface area contributed by atoms with Crippen LogP contribution in [0.1, 0.15) is 24.5 Å². The van der Waals surface area contributed by atoms with Crippen molar-refractivity contribution in [3.05, 3.63) is 90.4 Å². The van der Waals surface area contributed by atoms with E-state index in [1.807, 2.05) is 60.7 Å². The fraction of sp³-hybridized carbons (Fsp3) is 0.200. The molecule has 2 aromatic heterocycles. The van der Waals surface area contributed by atoms with Gasteiger partial charge in [0.15, 0.2) is 0 Å². The number of anilines is 2. The molecule has 158 valence electrons. The van der Waals surface area contributed by atoms with Gasteiger partial charge < -0.3 is 5.11 Å². The molecule has 0 saturated heterocycles. The van der Waals surface area contributed by atoms with E-state index in [0.717, 1.165) is 40.7 Å². The minimum Gasteiger partial charge on any atom is -0.465 e. The van der Waals surface area contributed by atoms with Crippen molar-refractivity contribution in [1.82, 2.24) is 9.66 Å². The maximum absolute atomic E-state index is 12.0. The molecule has 0 atom stereocenters. The van der Waals surface area contributed by atoms with Crippen LogP contribution in [-0.2, 0) is 6.54 Å². The fourth-order valence-corrected chi connectivity index (χ4v) is 3.85. The molecule has 1 amide bonds. The van der Waals surface area contributed by atoms with Gasteiger partial charge in [-0.2, -0.15) is 0 Å². The highest BCUT2D eigenvalue weighted by Gasteiger charge is 2.18.